The van der Waals surface area contributed by atoms with E-state index in [-0.39, 0.29) is 35.1 Å². The molecule has 0 spiro atoms. The first-order valence-corrected chi connectivity index (χ1v) is 8.06. The molecule has 2 amide bonds. The summed E-state index contributed by atoms with van der Waals surface area (Å²) in [5.41, 5.74) is 0.155. The molecule has 7 nitrogen and oxygen atoms in total. The van der Waals surface area contributed by atoms with E-state index >= 15 is 0 Å². The number of nitrogens with one attached hydrogen (secondary N) is 1. The topological polar surface area (TPSA) is 85.0 Å². The zero-order valence-electron chi connectivity index (χ0n) is 13.7. The molecule has 0 aromatic heterocycles. The van der Waals surface area contributed by atoms with Gasteiger partial charge in [-0.15, -0.1) is 0 Å². The Morgan fingerprint density at radius 3 is 2.54 bits per heavy atom. The fourth-order valence-electron chi connectivity index (χ4n) is 2.86. The first-order valence-electron chi connectivity index (χ1n) is 7.68. The number of amides is 2. The average molecular weight is 379 g/mol. The van der Waals surface area contributed by atoms with E-state index in [2.05, 4.69) is 0 Å². The predicted molar refractivity (Wildman–Crippen MR) is 90.5 cm³/mol. The van der Waals surface area contributed by atoms with E-state index in [4.69, 9.17) is 11.6 Å². The Bertz CT molecular complexity index is 914. The standard InChI is InChI=1S/C17H13ClFN3O4/c1-20(8-13-14(18)3-2-4-15(13)19)9-21-16(23)11-6-5-10(22(25)26)7-12(11)17(21)24/h2-7H,8-9H2,1H3/p+1. The number of benzene rings is 2. The molecular formula is C17H14ClFN3O4+. The maximum absolute atomic E-state index is 13.9. The molecule has 26 heavy (non-hydrogen) atoms. The van der Waals surface area contributed by atoms with Crippen molar-refractivity contribution in [1.29, 1.82) is 0 Å². The van der Waals surface area contributed by atoms with Crippen molar-refractivity contribution in [3.63, 3.8) is 0 Å². The lowest BCUT2D eigenvalue weighted by Gasteiger charge is -2.20. The number of non-ortho nitro benzene ring substituents is 1. The van der Waals surface area contributed by atoms with Gasteiger partial charge in [-0.3, -0.25) is 19.7 Å². The van der Waals surface area contributed by atoms with E-state index in [1.165, 1.54) is 24.3 Å². The Labute approximate surface area is 152 Å². The minimum Gasteiger partial charge on any atom is -0.316 e. The molecule has 0 bridgehead atoms. The predicted octanol–water partition coefficient (Wildman–Crippen LogP) is 1.66. The number of imide groups is 1. The zero-order chi connectivity index (χ0) is 19.0. The first kappa shape index (κ1) is 18.0. The van der Waals surface area contributed by atoms with Crippen LogP contribution in [0.15, 0.2) is 36.4 Å². The van der Waals surface area contributed by atoms with Crippen molar-refractivity contribution in [3.05, 3.63) is 74.0 Å². The van der Waals surface area contributed by atoms with Gasteiger partial charge in [0, 0.05) is 12.1 Å². The van der Waals surface area contributed by atoms with Crippen LogP contribution in [-0.2, 0) is 6.54 Å². The fourth-order valence-corrected chi connectivity index (χ4v) is 3.09. The highest BCUT2D eigenvalue weighted by Gasteiger charge is 2.38. The number of carbonyl (C=O) groups is 2. The number of fused-ring (bicyclic) bond motifs is 1. The fraction of sp³-hybridized carbons (Fsp3) is 0.176. The summed E-state index contributed by atoms with van der Waals surface area (Å²) in [5.74, 6) is -1.60. The van der Waals surface area contributed by atoms with Crippen molar-refractivity contribution < 1.29 is 23.8 Å². The Morgan fingerprint density at radius 2 is 1.88 bits per heavy atom. The van der Waals surface area contributed by atoms with Crippen LogP contribution in [0.5, 0.6) is 0 Å². The van der Waals surface area contributed by atoms with Crippen molar-refractivity contribution in [2.24, 2.45) is 0 Å². The lowest BCUT2D eigenvalue weighted by atomic mass is 10.1. The smallest absolute Gasteiger partial charge is 0.270 e. The van der Waals surface area contributed by atoms with Crippen LogP contribution in [0.1, 0.15) is 26.3 Å². The molecule has 2 aromatic carbocycles. The minimum absolute atomic E-state index is 0.000856. The maximum atomic E-state index is 13.9. The second-order valence-electron chi connectivity index (χ2n) is 6.02. The largest absolute Gasteiger partial charge is 0.316 e. The third kappa shape index (κ3) is 3.16. The summed E-state index contributed by atoms with van der Waals surface area (Å²) >= 11 is 6.00. The molecule has 134 valence electrons. The van der Waals surface area contributed by atoms with Gasteiger partial charge < -0.3 is 4.90 Å². The number of halogens is 2. The number of hydrogen-bond donors (Lipinski definition) is 1. The molecule has 0 aliphatic carbocycles. The van der Waals surface area contributed by atoms with Gasteiger partial charge in [0.2, 0.25) is 0 Å². The molecule has 0 radical (unpaired) electrons. The zero-order valence-corrected chi connectivity index (χ0v) is 14.4. The van der Waals surface area contributed by atoms with Crippen LogP contribution >= 0.6 is 11.6 Å². The summed E-state index contributed by atoms with van der Waals surface area (Å²) in [6.07, 6.45) is 0. The van der Waals surface area contributed by atoms with Crippen LogP contribution in [0.25, 0.3) is 0 Å². The maximum Gasteiger partial charge on any atom is 0.270 e. The van der Waals surface area contributed by atoms with Gasteiger partial charge in [0.25, 0.3) is 17.5 Å². The molecule has 1 heterocycles. The SMILES string of the molecule is C[NH+](Cc1c(F)cccc1Cl)CN1C(=O)c2ccc([N+](=O)[O-])cc2C1=O. The van der Waals surface area contributed by atoms with E-state index < -0.39 is 22.6 Å². The molecular weight excluding hydrogens is 365 g/mol. The summed E-state index contributed by atoms with van der Waals surface area (Å²) in [4.78, 5) is 36.8. The van der Waals surface area contributed by atoms with Crippen molar-refractivity contribution in [3.8, 4) is 0 Å². The van der Waals surface area contributed by atoms with Gasteiger partial charge in [-0.2, -0.15) is 0 Å². The van der Waals surface area contributed by atoms with E-state index in [1.54, 1.807) is 13.1 Å². The number of nitrogens with zero attached hydrogens (tertiary/aromatic N) is 2. The molecule has 1 aliphatic heterocycles. The second kappa shape index (κ2) is 6.81. The molecule has 0 fully saturated rings. The highest BCUT2D eigenvalue weighted by molar-refractivity contribution is 6.31. The molecule has 3 rings (SSSR count). The number of quaternary nitrogens is 1. The van der Waals surface area contributed by atoms with Crippen LogP contribution in [-0.4, -0.2) is 35.4 Å². The normalized spacial score (nSPS) is 14.5. The third-order valence-corrected chi connectivity index (χ3v) is 4.49. The summed E-state index contributed by atoms with van der Waals surface area (Å²) < 4.78 is 13.9. The Balaban J connectivity index is 1.79. The van der Waals surface area contributed by atoms with Gasteiger partial charge in [-0.25, -0.2) is 9.29 Å². The quantitative estimate of drug-likeness (QED) is 0.487. The molecule has 2 aromatic rings. The van der Waals surface area contributed by atoms with Gasteiger partial charge in [-0.1, -0.05) is 17.7 Å². The van der Waals surface area contributed by atoms with E-state index in [1.807, 2.05) is 0 Å². The van der Waals surface area contributed by atoms with Crippen LogP contribution in [0.4, 0.5) is 10.1 Å². The van der Waals surface area contributed by atoms with Gasteiger partial charge in [-0.05, 0) is 18.2 Å². The van der Waals surface area contributed by atoms with Crippen LogP contribution in [0.3, 0.4) is 0 Å². The Kier molecular flexibility index (Phi) is 4.71. The number of hydrogen-bond acceptors (Lipinski definition) is 4. The average Bonchev–Trinajstić information content (AvgIpc) is 2.83. The molecule has 1 aliphatic rings. The molecule has 9 heteroatoms. The van der Waals surface area contributed by atoms with Gasteiger partial charge >= 0.3 is 0 Å². The van der Waals surface area contributed by atoms with E-state index in [9.17, 15) is 24.1 Å². The van der Waals surface area contributed by atoms with Crippen LogP contribution < -0.4 is 4.90 Å². The van der Waals surface area contributed by atoms with Crippen molar-refractivity contribution in [1.82, 2.24) is 4.90 Å². The van der Waals surface area contributed by atoms with Gasteiger partial charge in [0.1, 0.15) is 12.4 Å². The highest BCUT2D eigenvalue weighted by Crippen LogP contribution is 2.26. The molecule has 1 unspecified atom stereocenters. The van der Waals surface area contributed by atoms with E-state index in [0.29, 0.717) is 10.5 Å². The molecule has 1 N–H and O–H groups in total. The molecule has 0 saturated heterocycles. The minimum atomic E-state index is -0.627. The number of carbonyl (C=O) groups excluding carboxylic acids is 2. The van der Waals surface area contributed by atoms with E-state index in [0.717, 1.165) is 11.0 Å². The second-order valence-corrected chi connectivity index (χ2v) is 6.42. The van der Waals surface area contributed by atoms with Crippen LogP contribution in [0, 0.1) is 15.9 Å². The Morgan fingerprint density at radius 1 is 1.19 bits per heavy atom. The summed E-state index contributed by atoms with van der Waals surface area (Å²) in [7, 11) is 1.69. The van der Waals surface area contributed by atoms with Crippen LogP contribution in [0.2, 0.25) is 5.02 Å². The van der Waals surface area contributed by atoms with Crippen molar-refractivity contribution >= 4 is 29.1 Å². The lowest BCUT2D eigenvalue weighted by Crippen LogP contribution is -3.09. The third-order valence-electron chi connectivity index (χ3n) is 4.13. The number of nitro benzene ring substituents is 1. The molecule has 1 atom stereocenters. The molecule has 0 saturated carbocycles. The number of rotatable bonds is 5. The van der Waals surface area contributed by atoms with Gasteiger partial charge in [0.15, 0.2) is 6.67 Å². The van der Waals surface area contributed by atoms with Gasteiger partial charge in [0.05, 0.1) is 33.7 Å². The summed E-state index contributed by atoms with van der Waals surface area (Å²) in [5, 5.41) is 11.1. The highest BCUT2D eigenvalue weighted by atomic mass is 35.5. The Hall–Kier alpha value is -2.84. The lowest BCUT2D eigenvalue weighted by molar-refractivity contribution is -0.901. The summed E-state index contributed by atoms with van der Waals surface area (Å²) in [6.45, 7) is 0.143. The monoisotopic (exact) mass is 378 g/mol. The summed E-state index contributed by atoms with van der Waals surface area (Å²) in [6, 6.07) is 7.90. The first-order chi connectivity index (χ1) is 12.3. The number of nitro groups is 1. The van der Waals surface area contributed by atoms with Crippen molar-refractivity contribution in [2.75, 3.05) is 13.7 Å². The van der Waals surface area contributed by atoms with Crippen molar-refractivity contribution in [2.45, 2.75) is 6.54 Å².